The molecule has 4 nitrogen and oxygen atoms in total. The van der Waals surface area contributed by atoms with Crippen molar-refractivity contribution >= 4 is 5.78 Å². The van der Waals surface area contributed by atoms with Gasteiger partial charge in [-0.3, -0.25) is 4.79 Å². The number of ketones is 1. The summed E-state index contributed by atoms with van der Waals surface area (Å²) in [7, 11) is 3.87. The number of piperidine rings is 1. The zero-order chi connectivity index (χ0) is 16.0. The molecule has 0 N–H and O–H groups in total. The molecule has 0 amide bonds. The summed E-state index contributed by atoms with van der Waals surface area (Å²) in [5.74, 6) is 1.96. The van der Waals surface area contributed by atoms with E-state index in [1.807, 2.05) is 13.0 Å². The average Bonchev–Trinajstić information content (AvgIpc) is 2.82. The van der Waals surface area contributed by atoms with Crippen LogP contribution in [0.5, 0.6) is 11.5 Å². The second-order valence-electron chi connectivity index (χ2n) is 7.49. The van der Waals surface area contributed by atoms with Crippen LogP contribution in [0.25, 0.3) is 0 Å². The normalized spacial score (nSPS) is 39.9. The monoisotopic (exact) mass is 311 g/mol. The van der Waals surface area contributed by atoms with Gasteiger partial charge < -0.3 is 14.4 Å². The van der Waals surface area contributed by atoms with Gasteiger partial charge >= 0.3 is 0 Å². The smallest absolute Gasteiger partial charge is 0.199 e. The second kappa shape index (κ2) is 3.99. The number of carbonyl (C=O) groups is 1. The molecule has 4 atom stereocenters. The van der Waals surface area contributed by atoms with Crippen LogP contribution in [0.4, 0.5) is 0 Å². The summed E-state index contributed by atoms with van der Waals surface area (Å²) in [6.45, 7) is 2.99. The number of ether oxygens (including phenoxy) is 2. The molecule has 1 saturated heterocycles. The van der Waals surface area contributed by atoms with Gasteiger partial charge in [-0.05, 0) is 51.1 Å². The van der Waals surface area contributed by atoms with Crippen molar-refractivity contribution in [3.05, 3.63) is 35.4 Å². The first-order valence-corrected chi connectivity index (χ1v) is 8.35. The van der Waals surface area contributed by atoms with Crippen LogP contribution in [0.15, 0.2) is 24.3 Å². The van der Waals surface area contributed by atoms with E-state index < -0.39 is 5.60 Å². The summed E-state index contributed by atoms with van der Waals surface area (Å²) in [4.78, 5) is 15.3. The zero-order valence-electron chi connectivity index (χ0n) is 13.8. The Balaban J connectivity index is 1.88. The van der Waals surface area contributed by atoms with E-state index in [1.54, 1.807) is 13.2 Å². The molecule has 4 heteroatoms. The third kappa shape index (κ3) is 1.28. The highest BCUT2D eigenvalue weighted by Gasteiger charge is 2.70. The molecule has 2 aliphatic heterocycles. The molecule has 0 radical (unpaired) electrons. The quantitative estimate of drug-likeness (QED) is 0.796. The van der Waals surface area contributed by atoms with Crippen LogP contribution in [0.1, 0.15) is 24.5 Å². The minimum Gasteiger partial charge on any atom is -0.493 e. The van der Waals surface area contributed by atoms with E-state index in [2.05, 4.69) is 24.1 Å². The lowest BCUT2D eigenvalue weighted by atomic mass is 9.49. The molecular weight excluding hydrogens is 290 g/mol. The van der Waals surface area contributed by atoms with Gasteiger partial charge in [-0.15, -0.1) is 0 Å². The van der Waals surface area contributed by atoms with E-state index in [4.69, 9.17) is 9.47 Å². The van der Waals surface area contributed by atoms with Crippen LogP contribution in [-0.2, 0) is 16.6 Å². The molecule has 23 heavy (non-hydrogen) atoms. The van der Waals surface area contributed by atoms with Crippen LogP contribution < -0.4 is 9.47 Å². The highest BCUT2D eigenvalue weighted by atomic mass is 16.5. The number of methoxy groups -OCH3 is 1. The highest BCUT2D eigenvalue weighted by molar-refractivity contribution is 6.01. The van der Waals surface area contributed by atoms with Gasteiger partial charge in [0.05, 0.1) is 12.5 Å². The second-order valence-corrected chi connectivity index (χ2v) is 7.49. The maximum atomic E-state index is 12.9. The largest absolute Gasteiger partial charge is 0.493 e. The van der Waals surface area contributed by atoms with Gasteiger partial charge in [0, 0.05) is 17.5 Å². The van der Waals surface area contributed by atoms with E-state index in [0.717, 1.165) is 30.9 Å². The summed E-state index contributed by atoms with van der Waals surface area (Å²) >= 11 is 0. The maximum Gasteiger partial charge on any atom is 0.199 e. The molecule has 0 unspecified atom stereocenters. The fourth-order valence-electron chi connectivity index (χ4n) is 5.62. The Morgan fingerprint density at radius 3 is 3.00 bits per heavy atom. The van der Waals surface area contributed by atoms with E-state index in [9.17, 15) is 4.79 Å². The van der Waals surface area contributed by atoms with E-state index in [0.29, 0.717) is 12.0 Å². The molecule has 4 aliphatic rings. The van der Waals surface area contributed by atoms with Crippen LogP contribution >= 0.6 is 0 Å². The number of likely N-dealkylation sites (tertiary alicyclic amines) is 1. The summed E-state index contributed by atoms with van der Waals surface area (Å²) in [6.07, 6.45) is 5.85. The molecule has 2 bridgehead atoms. The Kier molecular flexibility index (Phi) is 2.36. The number of hydrogen-bond acceptors (Lipinski definition) is 4. The molecule has 0 saturated carbocycles. The fourth-order valence-corrected chi connectivity index (χ4v) is 5.62. The number of likely N-dealkylation sites (N-methyl/N-ethyl adjacent to an activating group) is 1. The van der Waals surface area contributed by atoms with Gasteiger partial charge in [-0.2, -0.15) is 0 Å². The molecule has 1 aromatic rings. The molecule has 2 aliphatic carbocycles. The zero-order valence-corrected chi connectivity index (χ0v) is 13.8. The Labute approximate surface area is 136 Å². The van der Waals surface area contributed by atoms with Gasteiger partial charge in [0.25, 0.3) is 0 Å². The summed E-state index contributed by atoms with van der Waals surface area (Å²) in [5.41, 5.74) is 1.51. The van der Waals surface area contributed by atoms with Crippen molar-refractivity contribution in [2.75, 3.05) is 20.7 Å². The predicted octanol–water partition coefficient (Wildman–Crippen LogP) is 2.10. The van der Waals surface area contributed by atoms with E-state index >= 15 is 0 Å². The number of benzene rings is 1. The third-order valence-corrected chi connectivity index (χ3v) is 6.79. The molecule has 5 rings (SSSR count). The van der Waals surface area contributed by atoms with Crippen LogP contribution in [0.3, 0.4) is 0 Å². The number of carbonyl (C=O) groups excluding carboxylic acids is 1. The Hall–Kier alpha value is -1.81. The molecular formula is C19H21NO3. The van der Waals surface area contributed by atoms with Crippen molar-refractivity contribution in [3.8, 4) is 11.5 Å². The lowest BCUT2D eigenvalue weighted by Gasteiger charge is -2.58. The standard InChI is InChI=1S/C19H21NO3/c1-18-15(21)7-5-12-13-10-11-4-6-14(22-3)17(23-18)16(11)19(12,18)8-9-20(13)2/h4-7,12-13H,8-10H2,1-3H3/t12-,13-,18+,19+/m1/s1. The minimum atomic E-state index is -0.807. The highest BCUT2D eigenvalue weighted by Crippen LogP contribution is 2.65. The molecule has 1 fully saturated rings. The van der Waals surface area contributed by atoms with Crippen molar-refractivity contribution in [2.24, 2.45) is 5.92 Å². The molecule has 0 aromatic heterocycles. The summed E-state index contributed by atoms with van der Waals surface area (Å²) < 4.78 is 11.9. The molecule has 2 heterocycles. The fraction of sp³-hybridized carbons (Fsp3) is 0.526. The van der Waals surface area contributed by atoms with Crippen LogP contribution in [0, 0.1) is 5.92 Å². The van der Waals surface area contributed by atoms with Crippen molar-refractivity contribution in [1.82, 2.24) is 4.90 Å². The maximum absolute atomic E-state index is 12.9. The topological polar surface area (TPSA) is 38.8 Å². The lowest BCUT2D eigenvalue weighted by molar-refractivity contribution is -0.140. The number of hydrogen-bond donors (Lipinski definition) is 0. The van der Waals surface area contributed by atoms with Gasteiger partial charge in [0.2, 0.25) is 0 Å². The Bertz CT molecular complexity index is 770. The van der Waals surface area contributed by atoms with Gasteiger partial charge in [0.15, 0.2) is 22.9 Å². The van der Waals surface area contributed by atoms with Gasteiger partial charge in [-0.25, -0.2) is 0 Å². The first-order chi connectivity index (χ1) is 11.0. The Morgan fingerprint density at radius 1 is 1.39 bits per heavy atom. The minimum absolute atomic E-state index is 0.0863. The van der Waals surface area contributed by atoms with Crippen molar-refractivity contribution in [2.45, 2.75) is 36.8 Å². The summed E-state index contributed by atoms with van der Waals surface area (Å²) in [6, 6.07) is 4.59. The Morgan fingerprint density at radius 2 is 2.22 bits per heavy atom. The molecule has 1 aromatic carbocycles. The average molecular weight is 311 g/mol. The molecule has 1 spiro atoms. The van der Waals surface area contributed by atoms with Crippen molar-refractivity contribution in [1.29, 1.82) is 0 Å². The predicted molar refractivity (Wildman–Crippen MR) is 86.1 cm³/mol. The first-order valence-electron chi connectivity index (χ1n) is 8.35. The van der Waals surface area contributed by atoms with Crippen LogP contribution in [0.2, 0.25) is 0 Å². The van der Waals surface area contributed by atoms with Crippen LogP contribution in [-0.4, -0.2) is 43.0 Å². The third-order valence-electron chi connectivity index (χ3n) is 6.79. The number of rotatable bonds is 1. The van der Waals surface area contributed by atoms with E-state index in [1.165, 1.54) is 11.1 Å². The van der Waals surface area contributed by atoms with E-state index in [-0.39, 0.29) is 11.2 Å². The van der Waals surface area contributed by atoms with Crippen molar-refractivity contribution in [3.63, 3.8) is 0 Å². The lowest BCUT2D eigenvalue weighted by Crippen LogP contribution is -2.69. The van der Waals surface area contributed by atoms with Gasteiger partial charge in [-0.1, -0.05) is 12.1 Å². The summed E-state index contributed by atoms with van der Waals surface area (Å²) in [5, 5.41) is 0. The number of nitrogens with zero attached hydrogens (tertiary/aromatic N) is 1. The SMILES string of the molecule is COc1ccc2c3c1O[C@@]1(C)C(=O)C=C[C@@H]4[C@@H](C2)N(C)CC[C@@]341. The first kappa shape index (κ1) is 13.6. The molecule has 120 valence electrons. The van der Waals surface area contributed by atoms with Gasteiger partial charge in [0.1, 0.15) is 0 Å². The van der Waals surface area contributed by atoms with Crippen molar-refractivity contribution < 1.29 is 14.3 Å².